The van der Waals surface area contributed by atoms with Crippen molar-refractivity contribution in [2.75, 3.05) is 10.6 Å². The molecular formula is C17H24FN5O2S. The van der Waals surface area contributed by atoms with E-state index in [4.69, 9.17) is 29.4 Å². The van der Waals surface area contributed by atoms with Gasteiger partial charge in [-0.3, -0.25) is 9.59 Å². The number of rotatable bonds is 8. The topological polar surface area (TPSA) is 136 Å². The van der Waals surface area contributed by atoms with Crippen molar-refractivity contribution >= 4 is 40.4 Å². The lowest BCUT2D eigenvalue weighted by Crippen LogP contribution is -2.36. The summed E-state index contributed by atoms with van der Waals surface area (Å²) in [5.41, 5.74) is 16.8. The molecule has 8 N–H and O–H groups in total. The molecule has 0 bridgehead atoms. The van der Waals surface area contributed by atoms with Gasteiger partial charge in [0.25, 0.3) is 5.91 Å². The van der Waals surface area contributed by atoms with Gasteiger partial charge in [0.15, 0.2) is 0 Å². The van der Waals surface area contributed by atoms with Crippen LogP contribution in [0.1, 0.15) is 37.6 Å². The fourth-order valence-electron chi connectivity index (χ4n) is 2.27. The molecule has 26 heavy (non-hydrogen) atoms. The van der Waals surface area contributed by atoms with Crippen LogP contribution in [0.2, 0.25) is 0 Å². The summed E-state index contributed by atoms with van der Waals surface area (Å²) in [4.78, 5) is 23.4. The van der Waals surface area contributed by atoms with E-state index in [0.29, 0.717) is 12.1 Å². The maximum absolute atomic E-state index is 14.4. The number of hydrogen-bond acceptors (Lipinski definition) is 5. The van der Waals surface area contributed by atoms with Crippen molar-refractivity contribution in [3.8, 4) is 0 Å². The lowest BCUT2D eigenvalue weighted by Gasteiger charge is -2.20. The first-order chi connectivity index (χ1) is 12.0. The van der Waals surface area contributed by atoms with Crippen molar-refractivity contribution in [3.63, 3.8) is 0 Å². The molecule has 0 radical (unpaired) electrons. The maximum atomic E-state index is 14.4. The minimum atomic E-state index is -0.831. The Hall–Kier alpha value is -2.68. The highest BCUT2D eigenvalue weighted by Crippen LogP contribution is 2.26. The number of nitrogens with two attached hydrogens (primary N) is 3. The minimum absolute atomic E-state index is 0.00167. The van der Waals surface area contributed by atoms with Crippen LogP contribution in [0.25, 0.3) is 0 Å². The molecule has 1 rings (SSSR count). The van der Waals surface area contributed by atoms with Crippen LogP contribution in [0.15, 0.2) is 23.9 Å². The Kier molecular flexibility index (Phi) is 7.51. The third-order valence-corrected chi connectivity index (χ3v) is 3.59. The standard InChI is InChI=1S/C17H24FN5O2S/c1-8(2)4-14(17(21)25)22-13-7-12(23-15(26)5-9(3)19)10(16(20)24)6-11(13)18/h5-8,14,22H,4,19H2,1-3H3,(H2,20,24)(H2,21,25)(H,23,26). The zero-order valence-electron chi connectivity index (χ0n) is 14.9. The first-order valence-corrected chi connectivity index (χ1v) is 8.36. The predicted octanol–water partition coefficient (Wildman–Crippen LogP) is 1.84. The van der Waals surface area contributed by atoms with E-state index in [1.807, 2.05) is 13.8 Å². The normalized spacial score (nSPS) is 12.6. The highest BCUT2D eigenvalue weighted by molar-refractivity contribution is 7.81. The Balaban J connectivity index is 3.27. The van der Waals surface area contributed by atoms with Crippen molar-refractivity contribution in [1.29, 1.82) is 0 Å². The molecule has 7 nitrogen and oxygen atoms in total. The average molecular weight is 381 g/mol. The minimum Gasteiger partial charge on any atom is -0.402 e. The van der Waals surface area contributed by atoms with Gasteiger partial charge in [-0.1, -0.05) is 26.1 Å². The molecule has 0 saturated heterocycles. The number of benzene rings is 1. The van der Waals surface area contributed by atoms with Gasteiger partial charge in [-0.2, -0.15) is 0 Å². The van der Waals surface area contributed by atoms with Crippen LogP contribution >= 0.6 is 12.2 Å². The van der Waals surface area contributed by atoms with E-state index >= 15 is 0 Å². The molecular weight excluding hydrogens is 357 g/mol. The number of allylic oxidation sites excluding steroid dienone is 1. The molecule has 0 heterocycles. The molecule has 1 aromatic carbocycles. The van der Waals surface area contributed by atoms with Gasteiger partial charge in [0.1, 0.15) is 16.8 Å². The number of halogens is 1. The van der Waals surface area contributed by atoms with Gasteiger partial charge in [0, 0.05) is 5.70 Å². The molecule has 0 aliphatic carbocycles. The van der Waals surface area contributed by atoms with Gasteiger partial charge in [0.2, 0.25) is 5.91 Å². The van der Waals surface area contributed by atoms with E-state index in [1.165, 1.54) is 12.1 Å². The van der Waals surface area contributed by atoms with Crippen LogP contribution in [0.5, 0.6) is 0 Å². The molecule has 1 unspecified atom stereocenters. The van der Waals surface area contributed by atoms with Gasteiger partial charge in [-0.15, -0.1) is 0 Å². The number of carbonyl (C=O) groups is 2. The Labute approximate surface area is 157 Å². The zero-order valence-corrected chi connectivity index (χ0v) is 15.7. The molecule has 0 saturated carbocycles. The Bertz CT molecular complexity index is 745. The van der Waals surface area contributed by atoms with E-state index in [-0.39, 0.29) is 27.8 Å². The highest BCUT2D eigenvalue weighted by atomic mass is 32.1. The molecule has 0 aliphatic rings. The number of anilines is 2. The fraction of sp³-hybridized carbons (Fsp3) is 0.353. The van der Waals surface area contributed by atoms with E-state index in [9.17, 15) is 14.0 Å². The van der Waals surface area contributed by atoms with E-state index < -0.39 is 23.7 Å². The lowest BCUT2D eigenvalue weighted by molar-refractivity contribution is -0.119. The summed E-state index contributed by atoms with van der Waals surface area (Å²) in [6, 6.07) is 1.52. The van der Waals surface area contributed by atoms with Crippen molar-refractivity contribution in [2.24, 2.45) is 23.1 Å². The summed E-state index contributed by atoms with van der Waals surface area (Å²) >= 11 is 5.11. The second kappa shape index (κ2) is 9.14. The summed E-state index contributed by atoms with van der Waals surface area (Å²) < 4.78 is 14.4. The molecule has 0 aromatic heterocycles. The quantitative estimate of drug-likeness (QED) is 0.344. The number of carbonyl (C=O) groups excluding carboxylic acids is 2. The monoisotopic (exact) mass is 381 g/mol. The Morgan fingerprint density at radius 1 is 1.23 bits per heavy atom. The van der Waals surface area contributed by atoms with Crippen LogP contribution in [0, 0.1) is 11.7 Å². The highest BCUT2D eigenvalue weighted by Gasteiger charge is 2.21. The van der Waals surface area contributed by atoms with Crippen molar-refractivity contribution in [1.82, 2.24) is 0 Å². The number of amides is 2. The molecule has 0 spiro atoms. The second-order valence-electron chi connectivity index (χ2n) is 6.35. The molecule has 142 valence electrons. The van der Waals surface area contributed by atoms with E-state index in [2.05, 4.69) is 10.6 Å². The summed E-state index contributed by atoms with van der Waals surface area (Å²) in [6.07, 6.45) is 1.89. The van der Waals surface area contributed by atoms with E-state index in [1.54, 1.807) is 6.92 Å². The SMILES string of the molecule is CC(N)=CC(=S)Nc1cc(NC(CC(C)C)C(N)=O)c(F)cc1C(N)=O. The first-order valence-electron chi connectivity index (χ1n) is 7.95. The van der Waals surface area contributed by atoms with Gasteiger partial charge < -0.3 is 27.8 Å². The summed E-state index contributed by atoms with van der Waals surface area (Å²) in [5, 5.41) is 5.56. The van der Waals surface area contributed by atoms with E-state index in [0.717, 1.165) is 6.07 Å². The van der Waals surface area contributed by atoms with Crippen molar-refractivity contribution in [3.05, 3.63) is 35.3 Å². The van der Waals surface area contributed by atoms with Crippen LogP contribution in [-0.4, -0.2) is 22.8 Å². The largest absolute Gasteiger partial charge is 0.402 e. The van der Waals surface area contributed by atoms with Crippen LogP contribution in [-0.2, 0) is 4.79 Å². The lowest BCUT2D eigenvalue weighted by atomic mass is 10.0. The third kappa shape index (κ3) is 6.32. The zero-order chi connectivity index (χ0) is 20.0. The average Bonchev–Trinajstić information content (AvgIpc) is 2.47. The van der Waals surface area contributed by atoms with Crippen molar-refractivity contribution in [2.45, 2.75) is 33.2 Å². The molecule has 0 fully saturated rings. The fourth-order valence-corrected chi connectivity index (χ4v) is 2.57. The number of nitrogens with one attached hydrogen (secondary N) is 2. The summed E-state index contributed by atoms with van der Waals surface area (Å²) in [7, 11) is 0. The van der Waals surface area contributed by atoms with Crippen molar-refractivity contribution < 1.29 is 14.0 Å². The Morgan fingerprint density at radius 3 is 2.31 bits per heavy atom. The van der Waals surface area contributed by atoms with Crippen LogP contribution < -0.4 is 27.8 Å². The Morgan fingerprint density at radius 2 is 1.85 bits per heavy atom. The maximum Gasteiger partial charge on any atom is 0.250 e. The second-order valence-corrected chi connectivity index (χ2v) is 6.79. The van der Waals surface area contributed by atoms with Gasteiger partial charge in [-0.05, 0) is 37.5 Å². The summed E-state index contributed by atoms with van der Waals surface area (Å²) in [5.74, 6) is -2.02. The van der Waals surface area contributed by atoms with Gasteiger partial charge >= 0.3 is 0 Å². The summed E-state index contributed by atoms with van der Waals surface area (Å²) in [6.45, 7) is 5.47. The molecule has 1 aromatic rings. The van der Waals surface area contributed by atoms with Crippen LogP contribution in [0.3, 0.4) is 0 Å². The number of hydrogen-bond donors (Lipinski definition) is 5. The van der Waals surface area contributed by atoms with Gasteiger partial charge in [-0.25, -0.2) is 4.39 Å². The van der Waals surface area contributed by atoms with Crippen LogP contribution in [0.4, 0.5) is 15.8 Å². The van der Waals surface area contributed by atoms with Gasteiger partial charge in [0.05, 0.1) is 16.9 Å². The number of primary amides is 2. The molecule has 0 aliphatic heterocycles. The third-order valence-electron chi connectivity index (χ3n) is 3.37. The molecule has 1 atom stereocenters. The predicted molar refractivity (Wildman–Crippen MR) is 105 cm³/mol. The smallest absolute Gasteiger partial charge is 0.250 e. The number of thiocarbonyl (C=S) groups is 1. The molecule has 2 amide bonds. The molecule has 9 heteroatoms. The first kappa shape index (κ1) is 21.4.